The highest BCUT2D eigenvalue weighted by molar-refractivity contribution is 5.75. The third-order valence-electron chi connectivity index (χ3n) is 2.81. The van der Waals surface area contributed by atoms with Crippen LogP contribution in [0.1, 0.15) is 54.4 Å². The SMILES string of the molecule is CCC(O)(CC)CNC(C)C(=O)OC(C)(C)C. The average Bonchev–Trinajstić information content (AvgIpc) is 2.23. The van der Waals surface area contributed by atoms with Gasteiger partial charge in [-0.2, -0.15) is 0 Å². The monoisotopic (exact) mass is 245 g/mol. The lowest BCUT2D eigenvalue weighted by Gasteiger charge is -2.28. The van der Waals surface area contributed by atoms with Crippen LogP contribution in [0.25, 0.3) is 0 Å². The highest BCUT2D eigenvalue weighted by Crippen LogP contribution is 2.14. The van der Waals surface area contributed by atoms with E-state index < -0.39 is 17.2 Å². The Morgan fingerprint density at radius 2 is 1.76 bits per heavy atom. The second-order valence-electron chi connectivity index (χ2n) is 5.57. The molecule has 1 unspecified atom stereocenters. The Hall–Kier alpha value is -0.610. The van der Waals surface area contributed by atoms with Crippen molar-refractivity contribution in [3.05, 3.63) is 0 Å². The number of hydrogen-bond acceptors (Lipinski definition) is 4. The fourth-order valence-corrected chi connectivity index (χ4v) is 1.32. The van der Waals surface area contributed by atoms with Crippen LogP contribution < -0.4 is 5.32 Å². The summed E-state index contributed by atoms with van der Waals surface area (Å²) in [6, 6.07) is -0.404. The topological polar surface area (TPSA) is 58.6 Å². The van der Waals surface area contributed by atoms with Gasteiger partial charge in [0.25, 0.3) is 0 Å². The van der Waals surface area contributed by atoms with Crippen molar-refractivity contribution in [3.63, 3.8) is 0 Å². The van der Waals surface area contributed by atoms with E-state index in [1.165, 1.54) is 0 Å². The van der Waals surface area contributed by atoms with Crippen molar-refractivity contribution in [2.45, 2.75) is 71.6 Å². The fourth-order valence-electron chi connectivity index (χ4n) is 1.32. The number of aliphatic hydroxyl groups is 1. The molecule has 0 amide bonds. The lowest BCUT2D eigenvalue weighted by molar-refractivity contribution is -0.157. The van der Waals surface area contributed by atoms with Crippen LogP contribution in [0.4, 0.5) is 0 Å². The molecule has 0 aliphatic heterocycles. The summed E-state index contributed by atoms with van der Waals surface area (Å²) in [6.07, 6.45) is 1.33. The molecule has 0 aromatic carbocycles. The molecule has 0 rings (SSSR count). The van der Waals surface area contributed by atoms with E-state index in [1.54, 1.807) is 6.92 Å². The van der Waals surface area contributed by atoms with Crippen molar-refractivity contribution in [3.8, 4) is 0 Å². The zero-order valence-electron chi connectivity index (χ0n) is 12.0. The number of carbonyl (C=O) groups excluding carboxylic acids is 1. The van der Waals surface area contributed by atoms with E-state index in [-0.39, 0.29) is 5.97 Å². The van der Waals surface area contributed by atoms with E-state index in [0.29, 0.717) is 19.4 Å². The number of rotatable bonds is 6. The van der Waals surface area contributed by atoms with Crippen molar-refractivity contribution < 1.29 is 14.6 Å². The molecular formula is C13H27NO3. The Morgan fingerprint density at radius 3 is 2.12 bits per heavy atom. The molecule has 0 bridgehead atoms. The molecule has 0 aromatic rings. The van der Waals surface area contributed by atoms with E-state index in [4.69, 9.17) is 4.74 Å². The van der Waals surface area contributed by atoms with Crippen LogP contribution in [0.2, 0.25) is 0 Å². The summed E-state index contributed by atoms with van der Waals surface area (Å²) in [5.74, 6) is -0.285. The molecule has 0 fully saturated rings. The zero-order chi connectivity index (χ0) is 13.7. The summed E-state index contributed by atoms with van der Waals surface area (Å²) < 4.78 is 5.25. The van der Waals surface area contributed by atoms with Gasteiger partial charge in [0.2, 0.25) is 0 Å². The van der Waals surface area contributed by atoms with Crippen molar-refractivity contribution >= 4 is 5.97 Å². The third-order valence-corrected chi connectivity index (χ3v) is 2.81. The minimum atomic E-state index is -0.740. The number of ether oxygens (including phenoxy) is 1. The first kappa shape index (κ1) is 16.4. The number of nitrogens with one attached hydrogen (secondary N) is 1. The molecule has 1 atom stereocenters. The molecule has 0 aliphatic carbocycles. The minimum Gasteiger partial charge on any atom is -0.459 e. The van der Waals surface area contributed by atoms with E-state index >= 15 is 0 Å². The minimum absolute atomic E-state index is 0.285. The lowest BCUT2D eigenvalue weighted by Crippen LogP contribution is -2.47. The Bertz CT molecular complexity index is 242. The quantitative estimate of drug-likeness (QED) is 0.701. The van der Waals surface area contributed by atoms with Crippen molar-refractivity contribution in [2.24, 2.45) is 0 Å². The number of carbonyl (C=O) groups is 1. The molecule has 4 heteroatoms. The lowest BCUT2D eigenvalue weighted by atomic mass is 9.97. The summed E-state index contributed by atoms with van der Waals surface area (Å²) in [7, 11) is 0. The molecule has 0 aliphatic rings. The van der Waals surface area contributed by atoms with E-state index in [9.17, 15) is 9.90 Å². The van der Waals surface area contributed by atoms with Gasteiger partial charge < -0.3 is 15.2 Å². The van der Waals surface area contributed by atoms with Gasteiger partial charge in [-0.05, 0) is 40.5 Å². The molecule has 0 heterocycles. The maximum Gasteiger partial charge on any atom is 0.323 e. The predicted molar refractivity (Wildman–Crippen MR) is 68.8 cm³/mol. The van der Waals surface area contributed by atoms with E-state index in [1.807, 2.05) is 34.6 Å². The predicted octanol–water partition coefficient (Wildman–Crippen LogP) is 1.86. The van der Waals surface area contributed by atoms with Crippen molar-refractivity contribution in [1.29, 1.82) is 0 Å². The molecule has 4 nitrogen and oxygen atoms in total. The van der Waals surface area contributed by atoms with Crippen molar-refractivity contribution in [2.75, 3.05) is 6.54 Å². The molecule has 0 spiro atoms. The molecular weight excluding hydrogens is 218 g/mol. The first-order chi connectivity index (χ1) is 7.63. The van der Waals surface area contributed by atoms with Crippen LogP contribution in [0, 0.1) is 0 Å². The summed E-state index contributed by atoms with van der Waals surface area (Å²) in [5.41, 5.74) is -1.21. The van der Waals surface area contributed by atoms with Gasteiger partial charge >= 0.3 is 5.97 Å². The molecule has 0 aromatic heterocycles. The van der Waals surface area contributed by atoms with Gasteiger partial charge in [0.1, 0.15) is 11.6 Å². The largest absolute Gasteiger partial charge is 0.459 e. The molecule has 0 radical (unpaired) electrons. The van der Waals surface area contributed by atoms with Gasteiger partial charge in [-0.1, -0.05) is 13.8 Å². The molecule has 2 N–H and O–H groups in total. The molecule has 0 saturated heterocycles. The second kappa shape index (κ2) is 6.36. The summed E-state index contributed by atoms with van der Waals surface area (Å²) in [5, 5.41) is 13.1. The zero-order valence-corrected chi connectivity index (χ0v) is 12.0. The Labute approximate surface area is 105 Å². The summed E-state index contributed by atoms with van der Waals surface area (Å²) in [6.45, 7) is 11.5. The Kier molecular flexibility index (Phi) is 6.13. The maximum absolute atomic E-state index is 11.7. The smallest absolute Gasteiger partial charge is 0.323 e. The third kappa shape index (κ3) is 6.64. The van der Waals surface area contributed by atoms with Crippen LogP contribution in [-0.4, -0.2) is 34.9 Å². The highest BCUT2D eigenvalue weighted by atomic mass is 16.6. The van der Waals surface area contributed by atoms with Crippen molar-refractivity contribution in [1.82, 2.24) is 5.32 Å². The van der Waals surface area contributed by atoms with Crippen LogP contribution >= 0.6 is 0 Å². The standard InChI is InChI=1S/C13H27NO3/c1-7-13(16,8-2)9-14-10(3)11(15)17-12(4,5)6/h10,14,16H,7-9H2,1-6H3. The van der Waals surface area contributed by atoms with Gasteiger partial charge in [-0.25, -0.2) is 0 Å². The van der Waals surface area contributed by atoms with Crippen LogP contribution in [-0.2, 0) is 9.53 Å². The maximum atomic E-state index is 11.7. The molecule has 17 heavy (non-hydrogen) atoms. The second-order valence-corrected chi connectivity index (χ2v) is 5.57. The normalized spacial score (nSPS) is 14.5. The Balaban J connectivity index is 4.18. The van der Waals surface area contributed by atoms with Gasteiger partial charge in [-0.3, -0.25) is 4.79 Å². The van der Waals surface area contributed by atoms with Gasteiger partial charge in [0, 0.05) is 6.54 Å². The van der Waals surface area contributed by atoms with Gasteiger partial charge in [0.15, 0.2) is 0 Å². The summed E-state index contributed by atoms with van der Waals surface area (Å²) >= 11 is 0. The number of hydrogen-bond donors (Lipinski definition) is 2. The van der Waals surface area contributed by atoms with Crippen LogP contribution in [0.3, 0.4) is 0 Å². The molecule has 102 valence electrons. The molecule has 0 saturated carbocycles. The first-order valence-corrected chi connectivity index (χ1v) is 6.32. The fraction of sp³-hybridized carbons (Fsp3) is 0.923. The average molecular weight is 245 g/mol. The highest BCUT2D eigenvalue weighted by Gasteiger charge is 2.26. The Morgan fingerprint density at radius 1 is 1.29 bits per heavy atom. The summed E-state index contributed by atoms with van der Waals surface area (Å²) in [4.78, 5) is 11.7. The van der Waals surface area contributed by atoms with Gasteiger partial charge in [0.05, 0.1) is 5.60 Å². The van der Waals surface area contributed by atoms with Gasteiger partial charge in [-0.15, -0.1) is 0 Å². The van der Waals surface area contributed by atoms with Crippen LogP contribution in [0.5, 0.6) is 0 Å². The van der Waals surface area contributed by atoms with E-state index in [0.717, 1.165) is 0 Å². The number of esters is 1. The van der Waals surface area contributed by atoms with Crippen LogP contribution in [0.15, 0.2) is 0 Å². The first-order valence-electron chi connectivity index (χ1n) is 6.32. The van der Waals surface area contributed by atoms with E-state index in [2.05, 4.69) is 5.32 Å².